The van der Waals surface area contributed by atoms with Crippen molar-refractivity contribution in [2.45, 2.75) is 50.5 Å². The Morgan fingerprint density at radius 1 is 1.15 bits per heavy atom. The Morgan fingerprint density at radius 2 is 1.88 bits per heavy atom. The van der Waals surface area contributed by atoms with Crippen LogP contribution in [0.4, 0.5) is 0 Å². The summed E-state index contributed by atoms with van der Waals surface area (Å²) in [6, 6.07) is 8.67. The van der Waals surface area contributed by atoms with Gasteiger partial charge in [-0.25, -0.2) is 8.42 Å². The van der Waals surface area contributed by atoms with Gasteiger partial charge in [0.25, 0.3) is 0 Å². The van der Waals surface area contributed by atoms with Crippen molar-refractivity contribution < 1.29 is 13.2 Å². The first-order chi connectivity index (χ1) is 12.4. The smallest absolute Gasteiger partial charge is 0.247 e. The first-order valence-electron chi connectivity index (χ1n) is 9.44. The van der Waals surface area contributed by atoms with Crippen molar-refractivity contribution in [3.8, 4) is 0 Å². The molecule has 0 saturated heterocycles. The van der Waals surface area contributed by atoms with Gasteiger partial charge in [-0.3, -0.25) is 4.79 Å². The summed E-state index contributed by atoms with van der Waals surface area (Å²) in [6.45, 7) is 5.04. The van der Waals surface area contributed by atoms with Crippen LogP contribution in [0.3, 0.4) is 0 Å². The normalized spacial score (nSPS) is 27.6. The lowest BCUT2D eigenvalue weighted by atomic mass is 9.78. The van der Waals surface area contributed by atoms with E-state index in [1.165, 1.54) is 10.7 Å². The molecule has 1 aliphatic carbocycles. The molecule has 142 valence electrons. The molecule has 1 heterocycles. The molecular formula is C20H28N2O3S. The van der Waals surface area contributed by atoms with Crippen LogP contribution in [0.15, 0.2) is 46.9 Å². The van der Waals surface area contributed by atoms with E-state index in [1.54, 1.807) is 36.4 Å². The minimum atomic E-state index is -3.50. The van der Waals surface area contributed by atoms with Crippen molar-refractivity contribution in [3.05, 3.63) is 42.0 Å². The highest BCUT2D eigenvalue weighted by Crippen LogP contribution is 2.30. The lowest BCUT2D eigenvalue weighted by Gasteiger charge is -2.35. The third-order valence-electron chi connectivity index (χ3n) is 5.87. The summed E-state index contributed by atoms with van der Waals surface area (Å²) in [5.41, 5.74) is 0.704. The van der Waals surface area contributed by atoms with Gasteiger partial charge in [-0.15, -0.1) is 0 Å². The lowest BCUT2D eigenvalue weighted by Crippen LogP contribution is -2.45. The quantitative estimate of drug-likeness (QED) is 0.879. The summed E-state index contributed by atoms with van der Waals surface area (Å²) in [7, 11) is -3.50. The zero-order chi connectivity index (χ0) is 18.7. The van der Waals surface area contributed by atoms with Crippen molar-refractivity contribution in [3.63, 3.8) is 0 Å². The summed E-state index contributed by atoms with van der Waals surface area (Å²) in [6.07, 6.45) is 5.62. The van der Waals surface area contributed by atoms with Gasteiger partial charge in [-0.05, 0) is 36.8 Å². The standard InChI is InChI=1S/C20H28N2O3S/c1-15-7-6-10-19(16(15)2)21-20(23)17-11-13-22(14-12-17)26(24,25)18-8-4-3-5-9-18/h3-5,8-9,11,15-16,19H,6-7,10,12-14H2,1-2H3,(H,21,23)/t15-,16-,19+/m1/s1. The van der Waals surface area contributed by atoms with Crippen LogP contribution in [0.2, 0.25) is 0 Å². The molecule has 6 heteroatoms. The van der Waals surface area contributed by atoms with E-state index in [-0.39, 0.29) is 18.5 Å². The molecule has 3 atom stereocenters. The van der Waals surface area contributed by atoms with Crippen molar-refractivity contribution in [1.29, 1.82) is 0 Å². The molecule has 1 aromatic rings. The Morgan fingerprint density at radius 3 is 2.54 bits per heavy atom. The second kappa shape index (κ2) is 7.92. The fourth-order valence-corrected chi connectivity index (χ4v) is 5.27. The van der Waals surface area contributed by atoms with Crippen LogP contribution in [0.1, 0.15) is 39.5 Å². The van der Waals surface area contributed by atoms with Crippen molar-refractivity contribution >= 4 is 15.9 Å². The van der Waals surface area contributed by atoms with Gasteiger partial charge in [0.1, 0.15) is 0 Å². The predicted molar refractivity (Wildman–Crippen MR) is 102 cm³/mol. The number of hydrogen-bond donors (Lipinski definition) is 1. The van der Waals surface area contributed by atoms with Crippen LogP contribution >= 0.6 is 0 Å². The maximum atomic E-state index is 12.7. The molecule has 5 nitrogen and oxygen atoms in total. The van der Waals surface area contributed by atoms with Gasteiger partial charge in [0.05, 0.1) is 4.90 Å². The van der Waals surface area contributed by atoms with Gasteiger partial charge in [-0.1, -0.05) is 51.0 Å². The van der Waals surface area contributed by atoms with Crippen LogP contribution < -0.4 is 5.32 Å². The van der Waals surface area contributed by atoms with E-state index in [9.17, 15) is 13.2 Å². The summed E-state index contributed by atoms with van der Waals surface area (Å²) in [5, 5.41) is 3.18. The molecule has 0 unspecified atom stereocenters. The third kappa shape index (κ3) is 4.01. The lowest BCUT2D eigenvalue weighted by molar-refractivity contribution is -0.119. The Balaban J connectivity index is 1.63. The highest BCUT2D eigenvalue weighted by atomic mass is 32.2. The van der Waals surface area contributed by atoms with Crippen LogP contribution in [0, 0.1) is 11.8 Å². The Kier molecular flexibility index (Phi) is 5.82. The van der Waals surface area contributed by atoms with Crippen molar-refractivity contribution in [2.75, 3.05) is 13.1 Å². The van der Waals surface area contributed by atoms with Crippen molar-refractivity contribution in [2.24, 2.45) is 11.8 Å². The van der Waals surface area contributed by atoms with Crippen molar-refractivity contribution in [1.82, 2.24) is 9.62 Å². The monoisotopic (exact) mass is 376 g/mol. The summed E-state index contributed by atoms with van der Waals surface area (Å²) in [4.78, 5) is 12.9. The Bertz CT molecular complexity index is 774. The molecule has 1 aromatic carbocycles. The molecule has 2 aliphatic rings. The van der Waals surface area contributed by atoms with Crippen LogP contribution in [-0.4, -0.2) is 37.8 Å². The second-order valence-electron chi connectivity index (χ2n) is 7.50. The topological polar surface area (TPSA) is 66.5 Å². The fourth-order valence-electron chi connectivity index (χ4n) is 3.86. The van der Waals surface area contributed by atoms with Crippen LogP contribution in [0.25, 0.3) is 0 Å². The van der Waals surface area contributed by atoms with Crippen LogP contribution in [0.5, 0.6) is 0 Å². The maximum absolute atomic E-state index is 12.7. The number of sulfonamides is 1. The Labute approximate surface area is 156 Å². The molecule has 1 saturated carbocycles. The molecule has 26 heavy (non-hydrogen) atoms. The largest absolute Gasteiger partial charge is 0.349 e. The molecule has 0 radical (unpaired) electrons. The minimum absolute atomic E-state index is 0.0345. The number of amides is 1. The molecule has 1 fully saturated rings. The average Bonchev–Trinajstić information content (AvgIpc) is 2.66. The van der Waals surface area contributed by atoms with E-state index in [4.69, 9.17) is 0 Å². The van der Waals surface area contributed by atoms with Gasteiger partial charge in [-0.2, -0.15) is 4.31 Å². The molecule has 0 bridgehead atoms. The number of nitrogens with one attached hydrogen (secondary N) is 1. The summed E-state index contributed by atoms with van der Waals surface area (Å²) >= 11 is 0. The molecule has 0 aromatic heterocycles. The predicted octanol–water partition coefficient (Wildman–Crippen LogP) is 2.95. The van der Waals surface area contributed by atoms with E-state index in [2.05, 4.69) is 19.2 Å². The number of carbonyl (C=O) groups is 1. The Hall–Kier alpha value is -1.66. The van der Waals surface area contributed by atoms with E-state index in [1.807, 2.05) is 0 Å². The number of hydrogen-bond acceptors (Lipinski definition) is 3. The van der Waals surface area contributed by atoms with Crippen LogP contribution in [-0.2, 0) is 14.8 Å². The van der Waals surface area contributed by atoms with Gasteiger partial charge in [0.2, 0.25) is 15.9 Å². The fraction of sp³-hybridized carbons (Fsp3) is 0.550. The van der Waals surface area contributed by atoms with E-state index in [0.29, 0.717) is 35.3 Å². The number of nitrogens with zero attached hydrogens (tertiary/aromatic N) is 1. The highest BCUT2D eigenvalue weighted by Gasteiger charge is 2.31. The van der Waals surface area contributed by atoms with Gasteiger partial charge in [0.15, 0.2) is 0 Å². The number of benzene rings is 1. The third-order valence-corrected chi connectivity index (χ3v) is 7.75. The number of rotatable bonds is 4. The molecule has 1 aliphatic heterocycles. The average molecular weight is 377 g/mol. The molecule has 1 amide bonds. The summed E-state index contributed by atoms with van der Waals surface area (Å²) in [5.74, 6) is 1.07. The van der Waals surface area contributed by atoms with Gasteiger partial charge < -0.3 is 5.32 Å². The van der Waals surface area contributed by atoms with Gasteiger partial charge in [0, 0.05) is 24.7 Å². The van der Waals surface area contributed by atoms with E-state index < -0.39 is 10.0 Å². The maximum Gasteiger partial charge on any atom is 0.247 e. The molecule has 0 spiro atoms. The molecular weight excluding hydrogens is 348 g/mol. The SMILES string of the molecule is C[C@@H]1[C@H](C)CCC[C@@H]1NC(=O)C1=CCN(S(=O)(=O)c2ccccc2)CC1. The zero-order valence-corrected chi connectivity index (χ0v) is 16.3. The minimum Gasteiger partial charge on any atom is -0.349 e. The molecule has 3 rings (SSSR count). The zero-order valence-electron chi connectivity index (χ0n) is 15.5. The first-order valence-corrected chi connectivity index (χ1v) is 10.9. The molecule has 1 N–H and O–H groups in total. The second-order valence-corrected chi connectivity index (χ2v) is 9.44. The van der Waals surface area contributed by atoms with E-state index >= 15 is 0 Å². The highest BCUT2D eigenvalue weighted by molar-refractivity contribution is 7.89. The first kappa shape index (κ1) is 19.1. The van der Waals surface area contributed by atoms with Gasteiger partial charge >= 0.3 is 0 Å². The van der Waals surface area contributed by atoms with E-state index in [0.717, 1.165) is 12.8 Å². The number of carbonyl (C=O) groups excluding carboxylic acids is 1. The summed E-state index contributed by atoms with van der Waals surface area (Å²) < 4.78 is 26.7.